The van der Waals surface area contributed by atoms with Gasteiger partial charge in [-0.1, -0.05) is 70.1 Å². The molecular formula is C25H47NO4S. The molecule has 0 saturated heterocycles. The van der Waals surface area contributed by atoms with Crippen molar-refractivity contribution in [3.05, 3.63) is 29.8 Å². The van der Waals surface area contributed by atoms with Gasteiger partial charge in [-0.2, -0.15) is 0 Å². The zero-order valence-corrected chi connectivity index (χ0v) is 21.3. The quantitative estimate of drug-likeness (QED) is 0.197. The Labute approximate surface area is 192 Å². The highest BCUT2D eigenvalue weighted by molar-refractivity contribution is 7.85. The highest BCUT2D eigenvalue weighted by Gasteiger charge is 2.19. The van der Waals surface area contributed by atoms with Crippen molar-refractivity contribution >= 4 is 10.1 Å². The van der Waals surface area contributed by atoms with Crippen molar-refractivity contribution < 1.29 is 22.6 Å². The number of aryl methyl sites for hydroxylation is 1. The van der Waals surface area contributed by atoms with Crippen LogP contribution in [0.25, 0.3) is 0 Å². The summed E-state index contributed by atoms with van der Waals surface area (Å²) in [4.78, 5) is -0.178. The van der Waals surface area contributed by atoms with Crippen LogP contribution in [0.2, 0.25) is 0 Å². The lowest BCUT2D eigenvalue weighted by atomic mass is 10.1. The average molecular weight is 458 g/mol. The van der Waals surface area contributed by atoms with Gasteiger partial charge < -0.3 is 14.1 Å². The van der Waals surface area contributed by atoms with E-state index in [1.165, 1.54) is 93.9 Å². The van der Waals surface area contributed by atoms with Gasteiger partial charge in [-0.25, -0.2) is 8.42 Å². The summed E-state index contributed by atoms with van der Waals surface area (Å²) >= 11 is 0. The van der Waals surface area contributed by atoms with Gasteiger partial charge >= 0.3 is 0 Å². The molecule has 1 N–H and O–H groups in total. The number of aliphatic hydroxyl groups excluding tert-OH is 1. The molecule has 0 saturated carbocycles. The van der Waals surface area contributed by atoms with E-state index in [0.29, 0.717) is 6.61 Å². The first-order valence-corrected chi connectivity index (χ1v) is 13.6. The smallest absolute Gasteiger partial charge is 0.124 e. The normalized spacial score (nSPS) is 11.8. The number of unbranched alkanes of at least 4 members (excludes halogenated alkanes) is 8. The van der Waals surface area contributed by atoms with Crippen molar-refractivity contribution in [1.29, 1.82) is 0 Å². The molecule has 182 valence electrons. The molecule has 0 fully saturated rings. The molecule has 0 aromatic heterocycles. The molecule has 0 aliphatic carbocycles. The van der Waals surface area contributed by atoms with Crippen LogP contribution in [-0.4, -0.2) is 55.8 Å². The lowest BCUT2D eigenvalue weighted by Gasteiger charge is -2.35. The predicted molar refractivity (Wildman–Crippen MR) is 129 cm³/mol. The molecule has 0 amide bonds. The first-order valence-electron chi connectivity index (χ1n) is 12.2. The minimum absolute atomic E-state index is 0.178. The van der Waals surface area contributed by atoms with Gasteiger partial charge in [0, 0.05) is 13.0 Å². The molecule has 0 unspecified atom stereocenters. The molecule has 1 aromatic carbocycles. The van der Waals surface area contributed by atoms with Gasteiger partial charge in [0.2, 0.25) is 0 Å². The van der Waals surface area contributed by atoms with Crippen LogP contribution in [0.3, 0.4) is 0 Å². The topological polar surface area (TPSA) is 77.4 Å². The maximum Gasteiger partial charge on any atom is 0.124 e. The van der Waals surface area contributed by atoms with Gasteiger partial charge in [0.15, 0.2) is 0 Å². The number of hydrogen-bond acceptors (Lipinski definition) is 4. The molecule has 0 bridgehead atoms. The molecule has 0 aliphatic rings. The molecule has 0 aliphatic heterocycles. The molecule has 1 aromatic rings. The Kier molecular flexibility index (Phi) is 17.0. The van der Waals surface area contributed by atoms with Crippen molar-refractivity contribution in [1.82, 2.24) is 0 Å². The molecule has 0 heterocycles. The Morgan fingerprint density at radius 2 is 1.19 bits per heavy atom. The first kappa shape index (κ1) is 30.0. The molecule has 6 heteroatoms. The number of benzene rings is 1. The standard InChI is InChI=1S/C18H40NO.C7H8O3S/c1-4-6-8-10-12-15-19(3,17-14-18-20)16-13-11-9-7-5-2;1-6-2-4-7(5-3-6)11(8,9)10/h20H,4-18H2,1-3H3;2-5H,1H3,(H,8,9,10)/q+1;/p-1. The molecule has 31 heavy (non-hydrogen) atoms. The maximum atomic E-state index is 10.4. The zero-order valence-electron chi connectivity index (χ0n) is 20.4. The lowest BCUT2D eigenvalue weighted by Crippen LogP contribution is -2.46. The van der Waals surface area contributed by atoms with E-state index in [2.05, 4.69) is 20.9 Å². The van der Waals surface area contributed by atoms with Crippen LogP contribution in [0.4, 0.5) is 0 Å². The number of rotatable bonds is 16. The minimum atomic E-state index is -4.27. The predicted octanol–water partition coefficient (Wildman–Crippen LogP) is 5.66. The molecule has 5 nitrogen and oxygen atoms in total. The number of quaternary nitrogens is 1. The van der Waals surface area contributed by atoms with Crippen LogP contribution >= 0.6 is 0 Å². The van der Waals surface area contributed by atoms with E-state index < -0.39 is 10.1 Å². The Bertz CT molecular complexity index is 630. The van der Waals surface area contributed by atoms with Gasteiger partial charge in [-0.3, -0.25) is 0 Å². The minimum Gasteiger partial charge on any atom is -0.744 e. The second-order valence-corrected chi connectivity index (χ2v) is 10.3. The van der Waals surface area contributed by atoms with Crippen LogP contribution in [0.5, 0.6) is 0 Å². The summed E-state index contributed by atoms with van der Waals surface area (Å²) in [6.45, 7) is 10.5. The van der Waals surface area contributed by atoms with E-state index >= 15 is 0 Å². The third kappa shape index (κ3) is 16.4. The number of aliphatic hydroxyl groups is 1. The van der Waals surface area contributed by atoms with Crippen molar-refractivity contribution in [2.75, 3.05) is 33.3 Å². The second kappa shape index (κ2) is 17.6. The van der Waals surface area contributed by atoms with E-state index in [1.54, 1.807) is 12.1 Å². The van der Waals surface area contributed by atoms with Gasteiger partial charge in [-0.15, -0.1) is 0 Å². The first-order chi connectivity index (χ1) is 14.7. The van der Waals surface area contributed by atoms with Crippen LogP contribution < -0.4 is 0 Å². The SMILES string of the molecule is CCCCCCC[N+](C)(CCCO)CCCCCCC.Cc1ccc(S(=O)(=O)[O-])cc1. The van der Waals surface area contributed by atoms with Crippen LogP contribution in [0.15, 0.2) is 29.2 Å². The fourth-order valence-electron chi connectivity index (χ4n) is 3.69. The van der Waals surface area contributed by atoms with Gasteiger partial charge in [0.25, 0.3) is 0 Å². The van der Waals surface area contributed by atoms with E-state index in [0.717, 1.165) is 18.5 Å². The van der Waals surface area contributed by atoms with E-state index in [1.807, 2.05) is 6.92 Å². The third-order valence-corrected chi connectivity index (χ3v) is 6.62. The Morgan fingerprint density at radius 3 is 1.58 bits per heavy atom. The molecule has 0 radical (unpaired) electrons. The Morgan fingerprint density at radius 1 is 0.774 bits per heavy atom. The summed E-state index contributed by atoms with van der Waals surface area (Å²) in [5.41, 5.74) is 0.928. The van der Waals surface area contributed by atoms with Crippen LogP contribution in [-0.2, 0) is 10.1 Å². The zero-order chi connectivity index (χ0) is 23.6. The molecule has 0 atom stereocenters. The van der Waals surface area contributed by atoms with Crippen molar-refractivity contribution in [3.8, 4) is 0 Å². The number of nitrogens with zero attached hydrogens (tertiary/aromatic N) is 1. The van der Waals surface area contributed by atoms with Gasteiger partial charge in [-0.05, 0) is 44.7 Å². The molecule has 0 spiro atoms. The Balaban J connectivity index is 0.000000683. The van der Waals surface area contributed by atoms with Crippen molar-refractivity contribution in [2.24, 2.45) is 0 Å². The Hall–Kier alpha value is -0.950. The molecular weight excluding hydrogens is 410 g/mol. The average Bonchev–Trinajstić information content (AvgIpc) is 2.72. The van der Waals surface area contributed by atoms with Gasteiger partial charge in [0.05, 0.1) is 31.6 Å². The van der Waals surface area contributed by atoms with Crippen LogP contribution in [0.1, 0.15) is 90.0 Å². The summed E-state index contributed by atoms with van der Waals surface area (Å²) in [5, 5.41) is 9.10. The summed E-state index contributed by atoms with van der Waals surface area (Å²) in [5.74, 6) is 0. The third-order valence-electron chi connectivity index (χ3n) is 5.77. The fraction of sp³-hybridized carbons (Fsp3) is 0.760. The maximum absolute atomic E-state index is 10.4. The monoisotopic (exact) mass is 457 g/mol. The van der Waals surface area contributed by atoms with Crippen LogP contribution in [0, 0.1) is 6.92 Å². The highest BCUT2D eigenvalue weighted by Crippen LogP contribution is 2.13. The fourth-order valence-corrected chi connectivity index (χ4v) is 4.16. The number of hydrogen-bond donors (Lipinski definition) is 1. The van der Waals surface area contributed by atoms with E-state index in [-0.39, 0.29) is 4.90 Å². The highest BCUT2D eigenvalue weighted by atomic mass is 32.2. The summed E-state index contributed by atoms with van der Waals surface area (Å²) in [6.07, 6.45) is 14.7. The second-order valence-electron chi connectivity index (χ2n) is 8.96. The summed E-state index contributed by atoms with van der Waals surface area (Å²) in [6, 6.07) is 5.78. The van der Waals surface area contributed by atoms with E-state index in [4.69, 9.17) is 5.11 Å². The summed E-state index contributed by atoms with van der Waals surface area (Å²) in [7, 11) is -1.87. The van der Waals surface area contributed by atoms with Crippen molar-refractivity contribution in [2.45, 2.75) is 96.3 Å². The lowest BCUT2D eigenvalue weighted by molar-refractivity contribution is -0.910. The van der Waals surface area contributed by atoms with E-state index in [9.17, 15) is 13.0 Å². The largest absolute Gasteiger partial charge is 0.744 e. The van der Waals surface area contributed by atoms with Crippen molar-refractivity contribution in [3.63, 3.8) is 0 Å². The summed E-state index contributed by atoms with van der Waals surface area (Å²) < 4.78 is 32.3. The molecule has 1 rings (SSSR count). The van der Waals surface area contributed by atoms with Gasteiger partial charge in [0.1, 0.15) is 10.1 Å².